The minimum Gasteiger partial charge on any atom is -0.369 e. The number of aromatic nitrogens is 3. The van der Waals surface area contributed by atoms with Crippen LogP contribution in [-0.2, 0) is 0 Å². The van der Waals surface area contributed by atoms with E-state index in [4.69, 9.17) is 11.6 Å². The van der Waals surface area contributed by atoms with Crippen LogP contribution in [0.1, 0.15) is 0 Å². The van der Waals surface area contributed by atoms with Gasteiger partial charge in [-0.3, -0.25) is 4.98 Å². The lowest BCUT2D eigenvalue weighted by Crippen LogP contribution is -2.32. The predicted octanol–water partition coefficient (Wildman–Crippen LogP) is 3.98. The SMILES string of the molecule is Clc1cc(Nc2ccc3nccnc3n2)ccc1N1CCSCC1. The van der Waals surface area contributed by atoms with Gasteiger partial charge in [-0.2, -0.15) is 11.8 Å². The summed E-state index contributed by atoms with van der Waals surface area (Å²) < 4.78 is 0. The Hall–Kier alpha value is -2.05. The zero-order chi connectivity index (χ0) is 16.4. The summed E-state index contributed by atoms with van der Waals surface area (Å²) in [6.45, 7) is 2.09. The highest BCUT2D eigenvalue weighted by molar-refractivity contribution is 7.99. The largest absolute Gasteiger partial charge is 0.369 e. The third-order valence-electron chi connectivity index (χ3n) is 3.90. The molecule has 24 heavy (non-hydrogen) atoms. The number of hydrogen-bond acceptors (Lipinski definition) is 6. The van der Waals surface area contributed by atoms with Crippen molar-refractivity contribution in [1.82, 2.24) is 15.0 Å². The van der Waals surface area contributed by atoms with Gasteiger partial charge in [-0.05, 0) is 30.3 Å². The number of pyridine rings is 1. The minimum atomic E-state index is 0.621. The van der Waals surface area contributed by atoms with E-state index in [1.807, 2.05) is 36.0 Å². The molecule has 0 spiro atoms. The fourth-order valence-electron chi connectivity index (χ4n) is 2.72. The first kappa shape index (κ1) is 15.5. The lowest BCUT2D eigenvalue weighted by Gasteiger charge is -2.29. The van der Waals surface area contributed by atoms with E-state index in [-0.39, 0.29) is 0 Å². The van der Waals surface area contributed by atoms with Crippen molar-refractivity contribution in [3.8, 4) is 0 Å². The summed E-state index contributed by atoms with van der Waals surface area (Å²) in [5.74, 6) is 3.03. The maximum absolute atomic E-state index is 6.49. The highest BCUT2D eigenvalue weighted by Gasteiger charge is 2.14. The topological polar surface area (TPSA) is 53.9 Å². The summed E-state index contributed by atoms with van der Waals surface area (Å²) in [6.07, 6.45) is 3.30. The molecule has 0 saturated carbocycles. The van der Waals surface area contributed by atoms with Gasteiger partial charge in [0.1, 0.15) is 11.3 Å². The Morgan fingerprint density at radius 1 is 1.04 bits per heavy atom. The van der Waals surface area contributed by atoms with Gasteiger partial charge in [0, 0.05) is 42.7 Å². The number of thioether (sulfide) groups is 1. The van der Waals surface area contributed by atoms with Gasteiger partial charge in [0.2, 0.25) is 0 Å². The van der Waals surface area contributed by atoms with E-state index in [1.54, 1.807) is 12.4 Å². The number of hydrogen-bond donors (Lipinski definition) is 1. The molecular formula is C17H16ClN5S. The lowest BCUT2D eigenvalue weighted by molar-refractivity contribution is 0.859. The number of halogens is 1. The summed E-state index contributed by atoms with van der Waals surface area (Å²) in [7, 11) is 0. The van der Waals surface area contributed by atoms with Crippen LogP contribution in [0.4, 0.5) is 17.2 Å². The Labute approximate surface area is 149 Å². The minimum absolute atomic E-state index is 0.621. The average Bonchev–Trinajstić information content (AvgIpc) is 2.62. The first-order valence-electron chi connectivity index (χ1n) is 7.77. The van der Waals surface area contributed by atoms with Gasteiger partial charge < -0.3 is 10.2 Å². The van der Waals surface area contributed by atoms with E-state index in [9.17, 15) is 0 Å². The normalized spacial score (nSPS) is 14.8. The smallest absolute Gasteiger partial charge is 0.180 e. The number of nitrogens with zero attached hydrogens (tertiary/aromatic N) is 4. The first-order chi connectivity index (χ1) is 11.8. The molecule has 1 fully saturated rings. The first-order valence-corrected chi connectivity index (χ1v) is 9.30. The standard InChI is InChI=1S/C17H16ClN5S/c18-13-11-12(1-3-15(13)23-7-9-24-10-8-23)21-16-4-2-14-17(22-16)20-6-5-19-14/h1-6,11H,7-10H2,(H,20,21,22). The van der Waals surface area contributed by atoms with Gasteiger partial charge in [0.15, 0.2) is 5.65 Å². The van der Waals surface area contributed by atoms with Crippen molar-refractivity contribution < 1.29 is 0 Å². The molecule has 1 aromatic carbocycles. The van der Waals surface area contributed by atoms with Gasteiger partial charge >= 0.3 is 0 Å². The van der Waals surface area contributed by atoms with Crippen LogP contribution < -0.4 is 10.2 Å². The summed E-state index contributed by atoms with van der Waals surface area (Å²) in [6, 6.07) is 9.84. The van der Waals surface area contributed by atoms with E-state index in [0.29, 0.717) is 5.65 Å². The molecule has 4 rings (SSSR count). The molecule has 1 aliphatic heterocycles. The molecule has 0 atom stereocenters. The molecule has 2 aromatic heterocycles. The summed E-state index contributed by atoms with van der Waals surface area (Å²) in [5.41, 5.74) is 3.40. The number of rotatable bonds is 3. The van der Waals surface area contributed by atoms with E-state index < -0.39 is 0 Å². The Bertz CT molecular complexity index is 866. The zero-order valence-corrected chi connectivity index (χ0v) is 14.5. The molecule has 0 radical (unpaired) electrons. The van der Waals surface area contributed by atoms with E-state index >= 15 is 0 Å². The lowest BCUT2D eigenvalue weighted by atomic mass is 10.2. The van der Waals surface area contributed by atoms with Gasteiger partial charge in [-0.15, -0.1) is 0 Å². The zero-order valence-electron chi connectivity index (χ0n) is 12.9. The molecule has 0 aliphatic carbocycles. The van der Waals surface area contributed by atoms with Crippen LogP contribution in [0.3, 0.4) is 0 Å². The Balaban J connectivity index is 1.56. The van der Waals surface area contributed by atoms with E-state index in [2.05, 4.69) is 31.2 Å². The van der Waals surface area contributed by atoms with Crippen LogP contribution in [0.25, 0.3) is 11.2 Å². The van der Waals surface area contributed by atoms with Crippen LogP contribution in [0.5, 0.6) is 0 Å². The molecule has 0 amide bonds. The van der Waals surface area contributed by atoms with Gasteiger partial charge in [-0.25, -0.2) is 9.97 Å². The highest BCUT2D eigenvalue weighted by atomic mass is 35.5. The third-order valence-corrected chi connectivity index (χ3v) is 5.15. The second kappa shape index (κ2) is 6.83. The molecular weight excluding hydrogens is 342 g/mol. The van der Waals surface area contributed by atoms with Crippen molar-refractivity contribution in [3.05, 3.63) is 47.7 Å². The van der Waals surface area contributed by atoms with Crippen LogP contribution in [0.15, 0.2) is 42.7 Å². The number of anilines is 3. The highest BCUT2D eigenvalue weighted by Crippen LogP contribution is 2.31. The molecule has 0 unspecified atom stereocenters. The number of fused-ring (bicyclic) bond motifs is 1. The summed E-state index contributed by atoms with van der Waals surface area (Å²) in [5, 5.41) is 4.04. The van der Waals surface area contributed by atoms with Gasteiger partial charge in [0.05, 0.1) is 10.7 Å². The molecule has 1 N–H and O–H groups in total. The Morgan fingerprint density at radius 3 is 2.71 bits per heavy atom. The average molecular weight is 358 g/mol. The van der Waals surface area contributed by atoms with Gasteiger partial charge in [0.25, 0.3) is 0 Å². The number of benzene rings is 1. The molecule has 7 heteroatoms. The van der Waals surface area contributed by atoms with Crippen molar-refractivity contribution in [1.29, 1.82) is 0 Å². The fourth-order valence-corrected chi connectivity index (χ4v) is 3.92. The van der Waals surface area contributed by atoms with Crippen molar-refractivity contribution in [3.63, 3.8) is 0 Å². The summed E-state index contributed by atoms with van der Waals surface area (Å²) in [4.78, 5) is 15.3. The second-order valence-electron chi connectivity index (χ2n) is 5.49. The van der Waals surface area contributed by atoms with Crippen molar-refractivity contribution >= 4 is 51.7 Å². The Kier molecular flexibility index (Phi) is 4.40. The van der Waals surface area contributed by atoms with Crippen molar-refractivity contribution in [2.45, 2.75) is 0 Å². The van der Waals surface area contributed by atoms with Gasteiger partial charge in [-0.1, -0.05) is 11.6 Å². The molecule has 3 heterocycles. The van der Waals surface area contributed by atoms with Crippen LogP contribution in [-0.4, -0.2) is 39.5 Å². The fraction of sp³-hybridized carbons (Fsp3) is 0.235. The maximum atomic E-state index is 6.49. The second-order valence-corrected chi connectivity index (χ2v) is 7.12. The molecule has 3 aromatic rings. The number of nitrogens with one attached hydrogen (secondary N) is 1. The molecule has 0 bridgehead atoms. The van der Waals surface area contributed by atoms with Crippen molar-refractivity contribution in [2.75, 3.05) is 34.8 Å². The molecule has 1 aliphatic rings. The van der Waals surface area contributed by atoms with E-state index in [0.717, 1.165) is 52.3 Å². The quantitative estimate of drug-likeness (QED) is 0.765. The van der Waals surface area contributed by atoms with Crippen LogP contribution in [0.2, 0.25) is 5.02 Å². The Morgan fingerprint density at radius 2 is 1.88 bits per heavy atom. The van der Waals surface area contributed by atoms with Crippen molar-refractivity contribution in [2.24, 2.45) is 0 Å². The monoisotopic (exact) mass is 357 g/mol. The van der Waals surface area contributed by atoms with E-state index in [1.165, 1.54) is 0 Å². The maximum Gasteiger partial charge on any atom is 0.180 e. The van der Waals surface area contributed by atoms with Crippen LogP contribution in [0, 0.1) is 0 Å². The molecule has 5 nitrogen and oxygen atoms in total. The molecule has 122 valence electrons. The predicted molar refractivity (Wildman–Crippen MR) is 102 cm³/mol. The van der Waals surface area contributed by atoms with Crippen LogP contribution >= 0.6 is 23.4 Å². The third kappa shape index (κ3) is 3.25. The summed E-state index contributed by atoms with van der Waals surface area (Å²) >= 11 is 8.48. The molecule has 1 saturated heterocycles.